The predicted molar refractivity (Wildman–Crippen MR) is 82.5 cm³/mol. The first-order valence-corrected chi connectivity index (χ1v) is 7.28. The monoisotopic (exact) mass is 319 g/mol. The van der Waals surface area contributed by atoms with Gasteiger partial charge in [0.2, 0.25) is 0 Å². The summed E-state index contributed by atoms with van der Waals surface area (Å²) in [5.41, 5.74) is 0. The van der Waals surface area contributed by atoms with Crippen molar-refractivity contribution in [3.63, 3.8) is 0 Å². The molecule has 0 atom stereocenters. The number of aromatic nitrogens is 1. The molecule has 0 fully saturated rings. The highest BCUT2D eigenvalue weighted by molar-refractivity contribution is 7.15. The van der Waals surface area contributed by atoms with Crippen LogP contribution in [0, 0.1) is 0 Å². The minimum absolute atomic E-state index is 0.0858. The average Bonchev–Trinajstić information content (AvgIpc) is 2.87. The smallest absolute Gasteiger partial charge is 0.351 e. The number of benzene rings is 2. The van der Waals surface area contributed by atoms with Crippen LogP contribution in [-0.4, -0.2) is 18.1 Å². The first-order chi connectivity index (χ1) is 10.2. The van der Waals surface area contributed by atoms with Crippen LogP contribution in [0.4, 0.5) is 0 Å². The van der Waals surface area contributed by atoms with Gasteiger partial charge in [-0.25, -0.2) is 4.79 Å². The Morgan fingerprint density at radius 3 is 2.71 bits per heavy atom. The molecule has 21 heavy (non-hydrogen) atoms. The van der Waals surface area contributed by atoms with Crippen LogP contribution < -0.4 is 4.74 Å². The molecule has 0 amide bonds. The number of halogens is 1. The number of nitrogens with zero attached hydrogens (tertiary/aromatic N) is 1. The maximum atomic E-state index is 11.5. The average molecular weight is 320 g/mol. The van der Waals surface area contributed by atoms with Crippen LogP contribution in [0.5, 0.6) is 10.9 Å². The van der Waals surface area contributed by atoms with Crippen molar-refractivity contribution in [2.45, 2.75) is 0 Å². The first-order valence-electron chi connectivity index (χ1n) is 6.08. The van der Waals surface area contributed by atoms with Gasteiger partial charge in [-0.05, 0) is 22.9 Å². The lowest BCUT2D eigenvalue weighted by molar-refractivity contribution is 0.0606. The summed E-state index contributed by atoms with van der Waals surface area (Å²) in [4.78, 5) is 15.7. The third-order valence-electron chi connectivity index (χ3n) is 2.86. The molecule has 3 rings (SSSR count). The lowest BCUT2D eigenvalue weighted by atomic mass is 10.1. The van der Waals surface area contributed by atoms with Gasteiger partial charge in [-0.2, -0.15) is 4.98 Å². The lowest BCUT2D eigenvalue weighted by Gasteiger charge is -2.03. The third-order valence-corrected chi connectivity index (χ3v) is 4.16. The van der Waals surface area contributed by atoms with Gasteiger partial charge in [-0.3, -0.25) is 0 Å². The van der Waals surface area contributed by atoms with Gasteiger partial charge in [0.1, 0.15) is 5.75 Å². The molecule has 0 saturated heterocycles. The number of hydrogen-bond acceptors (Lipinski definition) is 5. The number of carbonyl (C=O) groups excluding carboxylic acids is 1. The molecule has 106 valence electrons. The molecular weight excluding hydrogens is 310 g/mol. The second-order valence-electron chi connectivity index (χ2n) is 4.20. The number of carbonyl (C=O) groups is 1. The zero-order valence-corrected chi connectivity index (χ0v) is 12.6. The maximum absolute atomic E-state index is 11.5. The van der Waals surface area contributed by atoms with Crippen molar-refractivity contribution >= 4 is 39.7 Å². The normalized spacial score (nSPS) is 10.6. The van der Waals surface area contributed by atoms with E-state index in [1.54, 1.807) is 0 Å². The zero-order chi connectivity index (χ0) is 14.8. The molecule has 0 aliphatic carbocycles. The van der Waals surface area contributed by atoms with E-state index in [2.05, 4.69) is 9.72 Å². The van der Waals surface area contributed by atoms with E-state index in [1.807, 2.05) is 42.5 Å². The van der Waals surface area contributed by atoms with Crippen molar-refractivity contribution in [3.8, 4) is 10.9 Å². The van der Waals surface area contributed by atoms with Crippen molar-refractivity contribution in [3.05, 3.63) is 52.5 Å². The molecule has 2 aromatic carbocycles. The lowest BCUT2D eigenvalue weighted by Crippen LogP contribution is -1.98. The topological polar surface area (TPSA) is 48.4 Å². The highest BCUT2D eigenvalue weighted by Gasteiger charge is 2.18. The molecule has 0 radical (unpaired) electrons. The van der Waals surface area contributed by atoms with Crippen molar-refractivity contribution < 1.29 is 14.3 Å². The van der Waals surface area contributed by atoms with Crippen LogP contribution in [0.15, 0.2) is 42.5 Å². The van der Waals surface area contributed by atoms with Gasteiger partial charge in [-0.15, -0.1) is 0 Å². The molecule has 1 heterocycles. The number of methoxy groups -OCH3 is 1. The zero-order valence-electron chi connectivity index (χ0n) is 11.0. The molecule has 0 unspecified atom stereocenters. The number of esters is 1. The molecule has 4 nitrogen and oxygen atoms in total. The minimum Gasteiger partial charge on any atom is -0.465 e. The Bertz CT molecular complexity index is 816. The summed E-state index contributed by atoms with van der Waals surface area (Å²) in [7, 11) is 1.29. The third kappa shape index (κ3) is 2.84. The number of ether oxygens (including phenoxy) is 2. The van der Waals surface area contributed by atoms with E-state index in [4.69, 9.17) is 16.3 Å². The van der Waals surface area contributed by atoms with Crippen LogP contribution in [0.2, 0.25) is 5.15 Å². The molecule has 0 aliphatic heterocycles. The second kappa shape index (κ2) is 5.71. The number of hydrogen-bond donors (Lipinski definition) is 0. The second-order valence-corrected chi connectivity index (χ2v) is 5.52. The molecular formula is C15H10ClNO3S. The van der Waals surface area contributed by atoms with Gasteiger partial charge in [0.15, 0.2) is 10.0 Å². The van der Waals surface area contributed by atoms with Gasteiger partial charge >= 0.3 is 5.97 Å². The van der Waals surface area contributed by atoms with Gasteiger partial charge in [0.05, 0.1) is 7.11 Å². The minimum atomic E-state index is -0.522. The standard InChI is InChI=1S/C15H10ClNO3S/c1-19-14(18)12-13(16)17-15(21-12)20-11-7-6-9-4-2-3-5-10(9)8-11/h2-8H,1H3. The Morgan fingerprint density at radius 2 is 1.95 bits per heavy atom. The van der Waals surface area contributed by atoms with Gasteiger partial charge in [0, 0.05) is 0 Å². The van der Waals surface area contributed by atoms with E-state index in [0.717, 1.165) is 22.1 Å². The van der Waals surface area contributed by atoms with Crippen LogP contribution in [0.3, 0.4) is 0 Å². The summed E-state index contributed by atoms with van der Waals surface area (Å²) in [5, 5.41) is 2.57. The fourth-order valence-corrected chi connectivity index (χ4v) is 2.94. The van der Waals surface area contributed by atoms with Crippen molar-refractivity contribution in [2.75, 3.05) is 7.11 Å². The summed E-state index contributed by atoms with van der Waals surface area (Å²) in [6.45, 7) is 0. The van der Waals surface area contributed by atoms with Crippen LogP contribution >= 0.6 is 22.9 Å². The van der Waals surface area contributed by atoms with E-state index >= 15 is 0 Å². The maximum Gasteiger partial charge on any atom is 0.351 e. The largest absolute Gasteiger partial charge is 0.465 e. The summed E-state index contributed by atoms with van der Waals surface area (Å²) < 4.78 is 10.3. The predicted octanol–water partition coefficient (Wildman–Crippen LogP) is 4.53. The number of fused-ring (bicyclic) bond motifs is 1. The van der Waals surface area contributed by atoms with Crippen LogP contribution in [0.25, 0.3) is 10.8 Å². The summed E-state index contributed by atoms with van der Waals surface area (Å²) in [6, 6.07) is 13.7. The molecule has 0 aliphatic rings. The highest BCUT2D eigenvalue weighted by atomic mass is 35.5. The summed E-state index contributed by atoms with van der Waals surface area (Å²) in [6.07, 6.45) is 0. The molecule has 0 spiro atoms. The first kappa shape index (κ1) is 13.9. The Labute approximate surface area is 129 Å². The van der Waals surface area contributed by atoms with Crippen molar-refractivity contribution in [1.82, 2.24) is 4.98 Å². The fraction of sp³-hybridized carbons (Fsp3) is 0.0667. The Morgan fingerprint density at radius 1 is 1.19 bits per heavy atom. The Hall–Kier alpha value is -2.11. The molecule has 0 saturated carbocycles. The number of thiazole rings is 1. The Kier molecular flexibility index (Phi) is 3.77. The van der Waals surface area contributed by atoms with Crippen molar-refractivity contribution in [2.24, 2.45) is 0 Å². The molecule has 3 aromatic rings. The van der Waals surface area contributed by atoms with E-state index in [-0.39, 0.29) is 10.0 Å². The highest BCUT2D eigenvalue weighted by Crippen LogP contribution is 2.33. The SMILES string of the molecule is COC(=O)c1sc(Oc2ccc3ccccc3c2)nc1Cl. The molecule has 6 heteroatoms. The quantitative estimate of drug-likeness (QED) is 0.665. The van der Waals surface area contributed by atoms with Crippen LogP contribution in [0.1, 0.15) is 9.67 Å². The van der Waals surface area contributed by atoms with E-state index in [1.165, 1.54) is 7.11 Å². The Balaban J connectivity index is 1.89. The van der Waals surface area contributed by atoms with Gasteiger partial charge in [0.25, 0.3) is 5.19 Å². The van der Waals surface area contributed by atoms with E-state index < -0.39 is 5.97 Å². The van der Waals surface area contributed by atoms with Gasteiger partial charge in [-0.1, -0.05) is 53.3 Å². The summed E-state index contributed by atoms with van der Waals surface area (Å²) in [5.74, 6) is 0.112. The van der Waals surface area contributed by atoms with Crippen LogP contribution in [-0.2, 0) is 4.74 Å². The molecule has 0 N–H and O–H groups in total. The summed E-state index contributed by atoms with van der Waals surface area (Å²) >= 11 is 6.95. The molecule has 1 aromatic heterocycles. The number of rotatable bonds is 3. The van der Waals surface area contributed by atoms with Gasteiger partial charge < -0.3 is 9.47 Å². The molecule has 0 bridgehead atoms. The van der Waals surface area contributed by atoms with Crippen molar-refractivity contribution in [1.29, 1.82) is 0 Å². The van der Waals surface area contributed by atoms with E-state index in [0.29, 0.717) is 10.9 Å². The fourth-order valence-electron chi connectivity index (χ4n) is 1.88. The van der Waals surface area contributed by atoms with E-state index in [9.17, 15) is 4.79 Å².